The van der Waals surface area contributed by atoms with E-state index in [2.05, 4.69) is 23.8 Å². The molecule has 3 nitrogen and oxygen atoms in total. The molecule has 88 valence electrons. The van der Waals surface area contributed by atoms with Crippen molar-refractivity contribution in [2.24, 2.45) is 5.92 Å². The fraction of sp³-hybridized carbons (Fsp3) is 0.909. The Morgan fingerprint density at radius 2 is 2.47 bits per heavy atom. The molecule has 1 amide bonds. The Morgan fingerprint density at radius 3 is 3.00 bits per heavy atom. The Bertz CT molecular complexity index is 193. The van der Waals surface area contributed by atoms with E-state index >= 15 is 0 Å². The van der Waals surface area contributed by atoms with Gasteiger partial charge in [0.05, 0.1) is 5.92 Å². The van der Waals surface area contributed by atoms with Gasteiger partial charge in [-0.1, -0.05) is 6.92 Å². The third-order valence-electron chi connectivity index (χ3n) is 2.87. The van der Waals surface area contributed by atoms with Crippen molar-refractivity contribution in [1.29, 1.82) is 0 Å². The van der Waals surface area contributed by atoms with E-state index in [4.69, 9.17) is 0 Å². The zero-order valence-corrected chi connectivity index (χ0v) is 10.5. The van der Waals surface area contributed by atoms with Gasteiger partial charge in [-0.25, -0.2) is 0 Å². The second-order valence-corrected chi connectivity index (χ2v) is 5.02. The monoisotopic (exact) mass is 230 g/mol. The van der Waals surface area contributed by atoms with Crippen LogP contribution in [0.25, 0.3) is 0 Å². The predicted octanol–water partition coefficient (Wildman–Crippen LogP) is 1.24. The number of carbonyl (C=O) groups excluding carboxylic acids is 1. The van der Waals surface area contributed by atoms with Gasteiger partial charge in [-0.2, -0.15) is 11.8 Å². The van der Waals surface area contributed by atoms with Crippen molar-refractivity contribution in [1.82, 2.24) is 10.6 Å². The summed E-state index contributed by atoms with van der Waals surface area (Å²) in [6.45, 7) is 4.04. The van der Waals surface area contributed by atoms with Crippen molar-refractivity contribution in [2.75, 3.05) is 25.1 Å². The predicted molar refractivity (Wildman–Crippen MR) is 66.2 cm³/mol. The summed E-state index contributed by atoms with van der Waals surface area (Å²) >= 11 is 1.79. The quantitative estimate of drug-likeness (QED) is 0.747. The van der Waals surface area contributed by atoms with Gasteiger partial charge < -0.3 is 10.6 Å². The molecule has 1 unspecified atom stereocenters. The van der Waals surface area contributed by atoms with Crippen LogP contribution >= 0.6 is 11.8 Å². The van der Waals surface area contributed by atoms with Crippen molar-refractivity contribution in [2.45, 2.75) is 32.2 Å². The number of piperidine rings is 1. The van der Waals surface area contributed by atoms with Crippen LogP contribution in [-0.4, -0.2) is 37.0 Å². The van der Waals surface area contributed by atoms with Crippen molar-refractivity contribution in [3.63, 3.8) is 0 Å². The Labute approximate surface area is 96.8 Å². The highest BCUT2D eigenvalue weighted by atomic mass is 32.2. The van der Waals surface area contributed by atoms with Crippen LogP contribution in [0.5, 0.6) is 0 Å². The van der Waals surface area contributed by atoms with E-state index in [9.17, 15) is 4.79 Å². The van der Waals surface area contributed by atoms with E-state index in [-0.39, 0.29) is 11.8 Å². The van der Waals surface area contributed by atoms with Crippen LogP contribution in [0, 0.1) is 5.92 Å². The summed E-state index contributed by atoms with van der Waals surface area (Å²) in [5.41, 5.74) is 0. The lowest BCUT2D eigenvalue weighted by Gasteiger charge is -2.24. The van der Waals surface area contributed by atoms with Gasteiger partial charge in [0, 0.05) is 18.3 Å². The van der Waals surface area contributed by atoms with E-state index in [1.807, 2.05) is 0 Å². The molecule has 1 rings (SSSR count). The molecule has 2 N–H and O–H groups in total. The molecule has 1 aliphatic rings. The SMILES string of the molecule is CCC(CSC)NC(=O)[C@H]1CCCNC1. The van der Waals surface area contributed by atoms with Gasteiger partial charge in [-0.05, 0) is 32.1 Å². The highest BCUT2D eigenvalue weighted by molar-refractivity contribution is 7.98. The van der Waals surface area contributed by atoms with Crippen LogP contribution in [-0.2, 0) is 4.79 Å². The first-order valence-corrected chi connectivity index (χ1v) is 7.17. The molecule has 0 aliphatic carbocycles. The second-order valence-electron chi connectivity index (χ2n) is 4.11. The molecule has 4 heteroatoms. The first kappa shape index (κ1) is 12.8. The number of nitrogens with one attached hydrogen (secondary N) is 2. The fourth-order valence-electron chi connectivity index (χ4n) is 1.86. The summed E-state index contributed by atoms with van der Waals surface area (Å²) in [5, 5.41) is 6.41. The lowest BCUT2D eigenvalue weighted by molar-refractivity contribution is -0.126. The highest BCUT2D eigenvalue weighted by Gasteiger charge is 2.22. The average molecular weight is 230 g/mol. The van der Waals surface area contributed by atoms with Gasteiger partial charge in [0.25, 0.3) is 0 Å². The summed E-state index contributed by atoms with van der Waals surface area (Å²) in [6.07, 6.45) is 5.26. The number of thioether (sulfide) groups is 1. The van der Waals surface area contributed by atoms with Crippen LogP contribution in [0.3, 0.4) is 0 Å². The van der Waals surface area contributed by atoms with Gasteiger partial charge in [0.1, 0.15) is 0 Å². The molecule has 2 atom stereocenters. The Morgan fingerprint density at radius 1 is 1.67 bits per heavy atom. The molecule has 1 saturated heterocycles. The van der Waals surface area contributed by atoms with Crippen molar-refractivity contribution >= 4 is 17.7 Å². The van der Waals surface area contributed by atoms with E-state index in [1.165, 1.54) is 0 Å². The molecular formula is C11H22N2OS. The third kappa shape index (κ3) is 4.43. The van der Waals surface area contributed by atoms with Gasteiger partial charge in [0.2, 0.25) is 5.91 Å². The smallest absolute Gasteiger partial charge is 0.224 e. The van der Waals surface area contributed by atoms with Crippen LogP contribution < -0.4 is 10.6 Å². The number of rotatable bonds is 5. The molecule has 0 radical (unpaired) electrons. The molecule has 0 spiro atoms. The molecule has 1 aliphatic heterocycles. The number of hydrogen-bond donors (Lipinski definition) is 2. The van der Waals surface area contributed by atoms with Crippen molar-refractivity contribution in [3.05, 3.63) is 0 Å². The maximum Gasteiger partial charge on any atom is 0.224 e. The molecule has 0 aromatic heterocycles. The normalized spacial score (nSPS) is 23.5. The number of hydrogen-bond acceptors (Lipinski definition) is 3. The Hall–Kier alpha value is -0.220. The maximum absolute atomic E-state index is 11.9. The Kier molecular flexibility index (Phi) is 6.10. The van der Waals surface area contributed by atoms with E-state index in [0.717, 1.165) is 38.1 Å². The molecule has 0 aromatic rings. The van der Waals surface area contributed by atoms with E-state index in [1.54, 1.807) is 11.8 Å². The first-order valence-electron chi connectivity index (χ1n) is 5.78. The first-order chi connectivity index (χ1) is 7.27. The number of amides is 1. The lowest BCUT2D eigenvalue weighted by atomic mass is 9.98. The van der Waals surface area contributed by atoms with Gasteiger partial charge in [0.15, 0.2) is 0 Å². The van der Waals surface area contributed by atoms with Crippen LogP contribution in [0.4, 0.5) is 0 Å². The topological polar surface area (TPSA) is 41.1 Å². The standard InChI is InChI=1S/C11H22N2OS/c1-3-10(8-15-2)13-11(14)9-5-4-6-12-7-9/h9-10,12H,3-8H2,1-2H3,(H,13,14)/t9-,10?/m0/s1. The van der Waals surface area contributed by atoms with Crippen LogP contribution in [0.15, 0.2) is 0 Å². The Balaban J connectivity index is 2.31. The zero-order valence-electron chi connectivity index (χ0n) is 9.71. The molecular weight excluding hydrogens is 208 g/mol. The summed E-state index contributed by atoms with van der Waals surface area (Å²) in [5.74, 6) is 1.44. The zero-order chi connectivity index (χ0) is 11.1. The van der Waals surface area contributed by atoms with Crippen molar-refractivity contribution < 1.29 is 4.79 Å². The summed E-state index contributed by atoms with van der Waals surface area (Å²) in [6, 6.07) is 0.342. The minimum Gasteiger partial charge on any atom is -0.352 e. The van der Waals surface area contributed by atoms with Gasteiger partial charge in [-0.15, -0.1) is 0 Å². The maximum atomic E-state index is 11.9. The highest BCUT2D eigenvalue weighted by Crippen LogP contribution is 2.11. The minimum atomic E-state index is 0.189. The van der Waals surface area contributed by atoms with Gasteiger partial charge in [-0.3, -0.25) is 4.79 Å². The number of carbonyl (C=O) groups is 1. The lowest BCUT2D eigenvalue weighted by Crippen LogP contribution is -2.45. The van der Waals surface area contributed by atoms with Gasteiger partial charge >= 0.3 is 0 Å². The van der Waals surface area contributed by atoms with Crippen LogP contribution in [0.1, 0.15) is 26.2 Å². The summed E-state index contributed by atoms with van der Waals surface area (Å²) in [4.78, 5) is 11.9. The fourth-order valence-corrected chi connectivity index (χ4v) is 2.58. The molecule has 0 bridgehead atoms. The van der Waals surface area contributed by atoms with E-state index < -0.39 is 0 Å². The molecule has 1 fully saturated rings. The molecule has 0 saturated carbocycles. The third-order valence-corrected chi connectivity index (χ3v) is 3.61. The molecule has 15 heavy (non-hydrogen) atoms. The second kappa shape index (κ2) is 7.12. The summed E-state index contributed by atoms with van der Waals surface area (Å²) in [7, 11) is 0. The molecule has 1 heterocycles. The van der Waals surface area contributed by atoms with Crippen LogP contribution in [0.2, 0.25) is 0 Å². The van der Waals surface area contributed by atoms with Crippen molar-refractivity contribution in [3.8, 4) is 0 Å². The average Bonchev–Trinajstić information content (AvgIpc) is 2.29. The minimum absolute atomic E-state index is 0.189. The summed E-state index contributed by atoms with van der Waals surface area (Å²) < 4.78 is 0. The largest absolute Gasteiger partial charge is 0.352 e. The molecule has 0 aromatic carbocycles. The van der Waals surface area contributed by atoms with E-state index in [0.29, 0.717) is 6.04 Å².